The zero-order chi connectivity index (χ0) is 70.1. The molecule has 0 radical (unpaired) electrons. The van der Waals surface area contributed by atoms with E-state index in [0.717, 1.165) is 62.5 Å². The van der Waals surface area contributed by atoms with Crippen molar-refractivity contribution in [2.24, 2.45) is 0 Å². The summed E-state index contributed by atoms with van der Waals surface area (Å²) in [6, 6.07) is 20.0. The molecule has 0 unspecified atom stereocenters. The number of esters is 11. The molecule has 0 bridgehead atoms. The molecule has 2 N–H and O–H groups in total. The molecule has 34 heteroatoms. The highest BCUT2D eigenvalue weighted by atomic mass is 35.6. The van der Waals surface area contributed by atoms with Crippen molar-refractivity contribution in [1.82, 2.24) is 5.32 Å². The first-order chi connectivity index (χ1) is 44.8. The summed E-state index contributed by atoms with van der Waals surface area (Å²) in [7, 11) is 0.809. The van der Waals surface area contributed by atoms with Gasteiger partial charge in [0.15, 0.2) is 36.8 Å². The van der Waals surface area contributed by atoms with Gasteiger partial charge in [0.1, 0.15) is 56.4 Å². The first kappa shape index (κ1) is 75.5. The van der Waals surface area contributed by atoms with Gasteiger partial charge < -0.3 is 85.8 Å². The zero-order valence-corrected chi connectivity index (χ0v) is 54.4. The Morgan fingerprint density at radius 2 is 1.00 bits per heavy atom. The van der Waals surface area contributed by atoms with Gasteiger partial charge in [-0.3, -0.25) is 43.8 Å². The summed E-state index contributed by atoms with van der Waals surface area (Å²) in [5.74, 6) is -18.0. The molecule has 3 aromatic carbocycles. The molecule has 3 aromatic rings. The van der Waals surface area contributed by atoms with Crippen LogP contribution < -0.4 is 5.32 Å². The molecule has 0 aromatic heterocycles. The number of amides is 1. The molecule has 95 heavy (non-hydrogen) atoms. The summed E-state index contributed by atoms with van der Waals surface area (Å²) in [6.07, 6.45) is -31.2. The van der Waals surface area contributed by atoms with Gasteiger partial charge in [-0.1, -0.05) is 89.4 Å². The topological polar surface area (TPSA) is 398 Å². The second-order valence-electron chi connectivity index (χ2n) is 21.0. The standard InChI is InChI=1S/C61H67Cl3N2O29/c1-29(67)66-44-40(83-31(3)69)25-60(59(78)79-9,94-48(44)45(85-33(5)71)41(84-32(4)70)26-80-30(2)68)95-50-47(86-34(6)72)43(28-82-54(76)38-21-15-11-16-22-38)89-56(52(50)88-36(8)74)92-46-42(27-81-53(75)37-19-13-10-14-20-37)90-57(93-58(65)61(62,63)64)51(49(46)87-35(7)73)91-55(77)39-23-17-12-18-24-39/h10-24,40-52,56-57,65H,25-28H2,1-9H3,(H,66,67)/t40-,41+,42+,43+,44+,45+,46+,47-,48+,49-,50-,51+,52+,56-,57+,60-/m0/s1. The van der Waals surface area contributed by atoms with E-state index in [1.807, 2.05) is 0 Å². The summed E-state index contributed by atoms with van der Waals surface area (Å²) in [6.45, 7) is 4.41. The fourth-order valence-electron chi connectivity index (χ4n) is 10.1. The number of halogens is 3. The molecule has 0 saturated carbocycles. The van der Waals surface area contributed by atoms with Gasteiger partial charge >= 0.3 is 65.7 Å². The van der Waals surface area contributed by atoms with Crippen molar-refractivity contribution >= 4 is 112 Å². The van der Waals surface area contributed by atoms with Crippen LogP contribution in [0.4, 0.5) is 0 Å². The van der Waals surface area contributed by atoms with Crippen LogP contribution >= 0.6 is 34.8 Å². The third kappa shape index (κ3) is 21.2. The average molecular weight is 1400 g/mol. The molecule has 3 aliphatic rings. The van der Waals surface area contributed by atoms with Crippen LogP contribution in [0.15, 0.2) is 91.0 Å². The normalized spacial score (nSPS) is 26.1. The third-order valence-electron chi connectivity index (χ3n) is 13.7. The summed E-state index contributed by atoms with van der Waals surface area (Å²) in [5, 5.41) is 11.1. The minimum absolute atomic E-state index is 0.0239. The van der Waals surface area contributed by atoms with Crippen LogP contribution in [0.25, 0.3) is 0 Å². The van der Waals surface area contributed by atoms with Crippen molar-refractivity contribution in [2.45, 2.75) is 163 Å². The lowest BCUT2D eigenvalue weighted by Gasteiger charge is -2.52. The molecule has 1 amide bonds. The molecule has 0 spiro atoms. The third-order valence-corrected chi connectivity index (χ3v) is 14.2. The van der Waals surface area contributed by atoms with E-state index in [4.69, 9.17) is 121 Å². The Labute approximate surface area is 556 Å². The van der Waals surface area contributed by atoms with Gasteiger partial charge in [0.05, 0.1) is 36.3 Å². The van der Waals surface area contributed by atoms with E-state index in [1.54, 1.807) is 18.2 Å². The number of rotatable bonds is 25. The SMILES string of the molecule is COC(=O)[C@@]1(O[C@H]2[C@@H](OC(C)=O)[C@@H](COC(=O)c3ccccc3)O[C@@H](O[C@H]3[C@H](OC(C)=O)[C@@H](OC(=O)c4ccccc4)[C@@H](OC(=N)C(Cl)(Cl)Cl)O[C@@H]3COC(=O)c3ccccc3)[C@@H]2OC(C)=O)C[C@H](OC(C)=O)[C@@H](NC(C)=O)[C@H]([C@H](OC(C)=O)[C@@H](COC(C)=O)OC(C)=O)O1. The molecule has 31 nitrogen and oxygen atoms in total. The van der Waals surface area contributed by atoms with Gasteiger partial charge in [0, 0.05) is 55.4 Å². The summed E-state index contributed by atoms with van der Waals surface area (Å²) >= 11 is 18.3. The van der Waals surface area contributed by atoms with Crippen LogP contribution in [-0.4, -0.2) is 206 Å². The molecule has 516 valence electrons. The maximum Gasteiger partial charge on any atom is 0.366 e. The maximum absolute atomic E-state index is 15.1. The fourth-order valence-corrected chi connectivity index (χ4v) is 10.2. The first-order valence-corrected chi connectivity index (χ1v) is 29.8. The van der Waals surface area contributed by atoms with Crippen molar-refractivity contribution in [2.75, 3.05) is 26.9 Å². The Kier molecular flexibility index (Phi) is 27.2. The van der Waals surface area contributed by atoms with Crippen LogP contribution in [-0.2, 0) is 124 Å². The monoisotopic (exact) mass is 1400 g/mol. The van der Waals surface area contributed by atoms with Crippen molar-refractivity contribution in [3.8, 4) is 0 Å². The minimum atomic E-state index is -3.26. The summed E-state index contributed by atoms with van der Waals surface area (Å²) in [5.41, 5.74) is -0.200. The number of hydrogen-bond donors (Lipinski definition) is 2. The lowest BCUT2D eigenvalue weighted by atomic mass is 9.87. The molecule has 3 fully saturated rings. The second kappa shape index (κ2) is 34.2. The van der Waals surface area contributed by atoms with Gasteiger partial charge in [0.2, 0.25) is 24.2 Å². The number of alkyl halides is 3. The highest BCUT2D eigenvalue weighted by Gasteiger charge is 2.65. The Balaban J connectivity index is 1.65. The van der Waals surface area contributed by atoms with Crippen molar-refractivity contribution in [3.63, 3.8) is 0 Å². The lowest BCUT2D eigenvalue weighted by Crippen LogP contribution is -2.72. The predicted molar refractivity (Wildman–Crippen MR) is 317 cm³/mol. The molecule has 6 rings (SSSR count). The Bertz CT molecular complexity index is 3270. The lowest BCUT2D eigenvalue weighted by molar-refractivity contribution is -0.385. The van der Waals surface area contributed by atoms with Crippen LogP contribution in [0.1, 0.15) is 92.9 Å². The van der Waals surface area contributed by atoms with Gasteiger partial charge in [-0.2, -0.15) is 0 Å². The molecule has 3 aliphatic heterocycles. The summed E-state index contributed by atoms with van der Waals surface area (Å²) < 4.78 is 98.7. The van der Waals surface area contributed by atoms with Gasteiger partial charge in [-0.25, -0.2) is 19.2 Å². The van der Waals surface area contributed by atoms with E-state index in [-0.39, 0.29) is 16.7 Å². The van der Waals surface area contributed by atoms with Crippen molar-refractivity contribution < 1.29 is 138 Å². The number of carbonyl (C=O) groups is 12. The van der Waals surface area contributed by atoms with E-state index >= 15 is 4.79 Å². The largest absolute Gasteiger partial charge is 0.465 e. The number of carbonyl (C=O) groups excluding carboxylic acids is 12. The van der Waals surface area contributed by atoms with E-state index in [9.17, 15) is 52.7 Å². The minimum Gasteiger partial charge on any atom is -0.465 e. The number of hydrogen-bond acceptors (Lipinski definition) is 30. The van der Waals surface area contributed by atoms with Crippen LogP contribution in [0, 0.1) is 5.41 Å². The van der Waals surface area contributed by atoms with Gasteiger partial charge in [-0.15, -0.1) is 0 Å². The average Bonchev–Trinajstić information content (AvgIpc) is 0.747. The smallest absolute Gasteiger partial charge is 0.366 e. The van der Waals surface area contributed by atoms with E-state index < -0.39 is 205 Å². The van der Waals surface area contributed by atoms with Gasteiger partial charge in [-0.05, 0) is 36.4 Å². The fraction of sp³-hybridized carbons (Fsp3) is 0.492. The van der Waals surface area contributed by atoms with Crippen LogP contribution in [0.5, 0.6) is 0 Å². The van der Waals surface area contributed by atoms with Gasteiger partial charge in [0.25, 0.3) is 9.58 Å². The van der Waals surface area contributed by atoms with E-state index in [2.05, 4.69) is 5.32 Å². The highest BCUT2D eigenvalue weighted by Crippen LogP contribution is 2.43. The molecule has 3 saturated heterocycles. The molecular weight excluding hydrogens is 1330 g/mol. The number of benzene rings is 3. The molecule has 16 atom stereocenters. The number of nitrogens with one attached hydrogen (secondary N) is 2. The summed E-state index contributed by atoms with van der Waals surface area (Å²) in [4.78, 5) is 163. The van der Waals surface area contributed by atoms with Crippen molar-refractivity contribution in [1.29, 1.82) is 5.41 Å². The Morgan fingerprint density at radius 1 is 0.537 bits per heavy atom. The Morgan fingerprint density at radius 3 is 1.46 bits per heavy atom. The van der Waals surface area contributed by atoms with Crippen LogP contribution in [0.3, 0.4) is 0 Å². The van der Waals surface area contributed by atoms with E-state index in [0.29, 0.717) is 0 Å². The van der Waals surface area contributed by atoms with E-state index in [1.165, 1.54) is 72.8 Å². The molecular formula is C61H67Cl3N2O29. The quantitative estimate of drug-likeness (QED) is 0.0400. The van der Waals surface area contributed by atoms with Crippen molar-refractivity contribution in [3.05, 3.63) is 108 Å². The number of methoxy groups -OCH3 is 1. The zero-order valence-electron chi connectivity index (χ0n) is 52.1. The molecule has 0 aliphatic carbocycles. The number of ether oxygens (including phenoxy) is 17. The highest BCUT2D eigenvalue weighted by molar-refractivity contribution is 6.76. The van der Waals surface area contributed by atoms with Crippen LogP contribution in [0.2, 0.25) is 0 Å². The Hall–Kier alpha value is -8.56. The maximum atomic E-state index is 15.1. The molecule has 3 heterocycles. The first-order valence-electron chi connectivity index (χ1n) is 28.7. The second-order valence-corrected chi connectivity index (χ2v) is 23.3. The predicted octanol–water partition coefficient (Wildman–Crippen LogP) is 3.83.